The van der Waals surface area contributed by atoms with Gasteiger partial charge < -0.3 is 10.1 Å². The van der Waals surface area contributed by atoms with Crippen molar-refractivity contribution in [3.63, 3.8) is 0 Å². The number of rotatable bonds is 8. The Hall–Kier alpha value is -3.26. The standard InChI is InChI=1S/C22H17F3N2O2S/c23-19(20(24)25)12-14-30-22-18(7-4-13-26-22)21(28)27-15-8-10-17(11-9-15)29-16-5-2-1-3-6-16/h1-11,13H,12,14H2,(H,27,28). The number of pyridine rings is 1. The number of aromatic nitrogens is 1. The van der Waals surface area contributed by atoms with Crippen LogP contribution in [0.2, 0.25) is 0 Å². The van der Waals surface area contributed by atoms with E-state index in [1.54, 1.807) is 36.4 Å². The van der Waals surface area contributed by atoms with Crippen LogP contribution >= 0.6 is 11.8 Å². The largest absolute Gasteiger partial charge is 0.457 e. The Morgan fingerprint density at radius 3 is 2.33 bits per heavy atom. The van der Waals surface area contributed by atoms with Gasteiger partial charge in [0.15, 0.2) is 5.83 Å². The number of allylic oxidation sites excluding steroid dienone is 1. The van der Waals surface area contributed by atoms with Gasteiger partial charge in [0.1, 0.15) is 16.5 Å². The molecular weight excluding hydrogens is 413 g/mol. The van der Waals surface area contributed by atoms with Crippen LogP contribution in [0.1, 0.15) is 16.8 Å². The third kappa shape index (κ3) is 6.12. The molecule has 0 atom stereocenters. The summed E-state index contributed by atoms with van der Waals surface area (Å²) in [6.45, 7) is 0. The molecule has 1 heterocycles. The maximum absolute atomic E-state index is 13.0. The van der Waals surface area contributed by atoms with Crippen LogP contribution in [0.15, 0.2) is 89.9 Å². The van der Waals surface area contributed by atoms with Gasteiger partial charge in [-0.3, -0.25) is 4.79 Å². The maximum Gasteiger partial charge on any atom is 0.301 e. The quantitative estimate of drug-likeness (QED) is 0.405. The number of carbonyl (C=O) groups is 1. The lowest BCUT2D eigenvalue weighted by Gasteiger charge is -2.10. The summed E-state index contributed by atoms with van der Waals surface area (Å²) < 4.78 is 43.0. The van der Waals surface area contributed by atoms with E-state index in [9.17, 15) is 18.0 Å². The number of ether oxygens (including phenoxy) is 1. The van der Waals surface area contributed by atoms with Crippen molar-refractivity contribution in [3.8, 4) is 11.5 Å². The Morgan fingerprint density at radius 1 is 0.933 bits per heavy atom. The Balaban J connectivity index is 1.62. The van der Waals surface area contributed by atoms with Gasteiger partial charge in [-0.2, -0.15) is 8.78 Å². The summed E-state index contributed by atoms with van der Waals surface area (Å²) in [6, 6.07) is 19.3. The summed E-state index contributed by atoms with van der Waals surface area (Å²) in [6.07, 6.45) is -1.28. The molecule has 0 radical (unpaired) electrons. The number of halogens is 3. The second-order valence-corrected chi connectivity index (χ2v) is 7.10. The molecule has 0 aliphatic carbocycles. The van der Waals surface area contributed by atoms with E-state index in [0.29, 0.717) is 22.2 Å². The average molecular weight is 430 g/mol. The summed E-state index contributed by atoms with van der Waals surface area (Å²) in [4.78, 5) is 16.7. The van der Waals surface area contributed by atoms with Crippen LogP contribution in [0.4, 0.5) is 18.9 Å². The first-order valence-corrected chi connectivity index (χ1v) is 9.93. The number of amides is 1. The number of para-hydroxylation sites is 1. The molecule has 154 valence electrons. The summed E-state index contributed by atoms with van der Waals surface area (Å²) in [7, 11) is 0. The van der Waals surface area contributed by atoms with Crippen molar-refractivity contribution in [2.45, 2.75) is 11.4 Å². The fourth-order valence-corrected chi connectivity index (χ4v) is 3.37. The van der Waals surface area contributed by atoms with Crippen LogP contribution in [0, 0.1) is 0 Å². The van der Waals surface area contributed by atoms with Crippen molar-refractivity contribution < 1.29 is 22.7 Å². The molecule has 0 saturated heterocycles. The van der Waals surface area contributed by atoms with Gasteiger partial charge in [-0.15, -0.1) is 11.8 Å². The highest BCUT2D eigenvalue weighted by molar-refractivity contribution is 7.99. The number of hydrogen-bond acceptors (Lipinski definition) is 4. The van der Waals surface area contributed by atoms with E-state index in [1.165, 1.54) is 6.20 Å². The number of hydrogen-bond donors (Lipinski definition) is 1. The van der Waals surface area contributed by atoms with Crippen molar-refractivity contribution >= 4 is 23.4 Å². The minimum absolute atomic E-state index is 0.0337. The Kier molecular flexibility index (Phi) is 7.51. The predicted molar refractivity (Wildman–Crippen MR) is 111 cm³/mol. The lowest BCUT2D eigenvalue weighted by Crippen LogP contribution is -2.13. The molecule has 1 amide bonds. The van der Waals surface area contributed by atoms with Gasteiger partial charge in [-0.05, 0) is 48.5 Å². The zero-order chi connectivity index (χ0) is 21.3. The van der Waals surface area contributed by atoms with E-state index >= 15 is 0 Å². The Bertz CT molecular complexity index is 1020. The molecule has 8 heteroatoms. The van der Waals surface area contributed by atoms with Gasteiger partial charge in [0.2, 0.25) is 0 Å². The molecule has 4 nitrogen and oxygen atoms in total. The van der Waals surface area contributed by atoms with E-state index in [1.807, 2.05) is 30.3 Å². The first-order chi connectivity index (χ1) is 14.5. The molecule has 0 aliphatic heterocycles. The van der Waals surface area contributed by atoms with Crippen LogP contribution < -0.4 is 10.1 Å². The molecule has 0 aliphatic rings. The van der Waals surface area contributed by atoms with Crippen LogP contribution in [0.5, 0.6) is 11.5 Å². The van der Waals surface area contributed by atoms with E-state index < -0.39 is 24.2 Å². The lowest BCUT2D eigenvalue weighted by atomic mass is 10.2. The molecule has 3 rings (SSSR count). The molecule has 0 saturated carbocycles. The third-order valence-corrected chi connectivity index (χ3v) is 4.88. The van der Waals surface area contributed by atoms with Gasteiger partial charge in [0.05, 0.1) is 5.56 Å². The number of nitrogens with zero attached hydrogens (tertiary/aromatic N) is 1. The second kappa shape index (κ2) is 10.5. The van der Waals surface area contributed by atoms with Crippen LogP contribution in [0.25, 0.3) is 0 Å². The molecule has 0 bridgehead atoms. The molecule has 2 aromatic carbocycles. The monoisotopic (exact) mass is 430 g/mol. The van der Waals surface area contributed by atoms with Crippen molar-refractivity contribution in [1.82, 2.24) is 4.98 Å². The zero-order valence-corrected chi connectivity index (χ0v) is 16.5. The summed E-state index contributed by atoms with van der Waals surface area (Å²) in [5, 5.41) is 3.09. The third-order valence-electron chi connectivity index (χ3n) is 3.87. The van der Waals surface area contributed by atoms with Crippen molar-refractivity contribution in [2.24, 2.45) is 0 Å². The summed E-state index contributed by atoms with van der Waals surface area (Å²) in [5.41, 5.74) is 0.825. The van der Waals surface area contributed by atoms with Gasteiger partial charge in [0, 0.05) is 24.1 Å². The highest BCUT2D eigenvalue weighted by atomic mass is 32.2. The van der Waals surface area contributed by atoms with Crippen molar-refractivity contribution in [3.05, 3.63) is 90.4 Å². The Morgan fingerprint density at radius 2 is 1.63 bits per heavy atom. The van der Waals surface area contributed by atoms with Gasteiger partial charge in [-0.25, -0.2) is 9.37 Å². The fourth-order valence-electron chi connectivity index (χ4n) is 2.44. The first kappa shape index (κ1) is 21.4. The molecule has 1 aromatic heterocycles. The number of nitrogens with one attached hydrogen (secondary N) is 1. The molecule has 30 heavy (non-hydrogen) atoms. The van der Waals surface area contributed by atoms with Gasteiger partial charge in [-0.1, -0.05) is 18.2 Å². The minimum atomic E-state index is -2.32. The van der Waals surface area contributed by atoms with Crippen LogP contribution in [-0.2, 0) is 0 Å². The first-order valence-electron chi connectivity index (χ1n) is 8.94. The minimum Gasteiger partial charge on any atom is -0.457 e. The van der Waals surface area contributed by atoms with Crippen LogP contribution in [0.3, 0.4) is 0 Å². The van der Waals surface area contributed by atoms with Gasteiger partial charge in [0.25, 0.3) is 5.91 Å². The zero-order valence-electron chi connectivity index (χ0n) is 15.6. The summed E-state index contributed by atoms with van der Waals surface area (Å²) >= 11 is 1.04. The predicted octanol–water partition coefficient (Wildman–Crippen LogP) is 6.69. The summed E-state index contributed by atoms with van der Waals surface area (Å²) in [5.74, 6) is -0.513. The highest BCUT2D eigenvalue weighted by Gasteiger charge is 2.14. The van der Waals surface area contributed by atoms with Crippen LogP contribution in [-0.4, -0.2) is 16.6 Å². The molecular formula is C22H17F3N2O2S. The molecule has 0 spiro atoms. The average Bonchev–Trinajstić information content (AvgIpc) is 2.76. The highest BCUT2D eigenvalue weighted by Crippen LogP contribution is 2.26. The van der Waals surface area contributed by atoms with E-state index in [0.717, 1.165) is 11.8 Å². The Labute approximate surface area is 175 Å². The smallest absolute Gasteiger partial charge is 0.301 e. The fraction of sp³-hybridized carbons (Fsp3) is 0.0909. The molecule has 0 fully saturated rings. The SMILES string of the molecule is O=C(Nc1ccc(Oc2ccccc2)cc1)c1cccnc1SCCC(F)=C(F)F. The number of carbonyl (C=O) groups excluding carboxylic acids is 1. The maximum atomic E-state index is 13.0. The van der Waals surface area contributed by atoms with E-state index in [-0.39, 0.29) is 11.3 Å². The number of anilines is 1. The van der Waals surface area contributed by atoms with Crippen molar-refractivity contribution in [1.29, 1.82) is 0 Å². The molecule has 0 unspecified atom stereocenters. The van der Waals surface area contributed by atoms with Crippen molar-refractivity contribution in [2.75, 3.05) is 11.1 Å². The van der Waals surface area contributed by atoms with E-state index in [4.69, 9.17) is 4.74 Å². The van der Waals surface area contributed by atoms with Gasteiger partial charge >= 0.3 is 6.08 Å². The molecule has 1 N–H and O–H groups in total. The molecule has 3 aromatic rings. The number of benzene rings is 2. The second-order valence-electron chi connectivity index (χ2n) is 6.01. The lowest BCUT2D eigenvalue weighted by molar-refractivity contribution is 0.102. The topological polar surface area (TPSA) is 51.2 Å². The normalized spacial score (nSPS) is 10.4. The number of thioether (sulfide) groups is 1. The van der Waals surface area contributed by atoms with E-state index in [2.05, 4.69) is 10.3 Å².